The molecule has 0 aliphatic carbocycles. The third-order valence-corrected chi connectivity index (χ3v) is 4.54. The second kappa shape index (κ2) is 17.2. The predicted molar refractivity (Wildman–Crippen MR) is 118 cm³/mol. The number of hydrogen-bond acceptors (Lipinski definition) is 5. The van der Waals surface area contributed by atoms with E-state index in [2.05, 4.69) is 25.2 Å². The van der Waals surface area contributed by atoms with Gasteiger partial charge < -0.3 is 20.6 Å². The molecule has 0 rings (SSSR count). The fraction of sp³-hybridized carbons (Fsp3) is 0.652. The zero-order chi connectivity index (χ0) is 23.6. The summed E-state index contributed by atoms with van der Waals surface area (Å²) < 4.78 is 0. The lowest BCUT2D eigenvalue weighted by Crippen LogP contribution is -2.42. The van der Waals surface area contributed by atoms with E-state index in [9.17, 15) is 24.3 Å². The minimum absolute atomic E-state index is 0.128. The molecule has 2 atom stereocenters. The quantitative estimate of drug-likeness (QED) is 0.190. The van der Waals surface area contributed by atoms with Crippen molar-refractivity contribution in [2.24, 2.45) is 5.92 Å². The number of ketones is 1. The molecule has 8 heteroatoms. The minimum atomic E-state index is -1.42. The molecule has 0 fully saturated rings. The maximum absolute atomic E-state index is 11.9. The van der Waals surface area contributed by atoms with E-state index in [1.54, 1.807) is 6.08 Å². The van der Waals surface area contributed by atoms with Gasteiger partial charge in [-0.15, -0.1) is 0 Å². The lowest BCUT2D eigenvalue weighted by molar-refractivity contribution is -0.147. The zero-order valence-corrected chi connectivity index (χ0v) is 18.6. The van der Waals surface area contributed by atoms with Gasteiger partial charge in [-0.05, 0) is 25.2 Å². The topological polar surface area (TPSA) is 141 Å². The van der Waals surface area contributed by atoms with E-state index in [0.717, 1.165) is 25.7 Å². The van der Waals surface area contributed by atoms with Gasteiger partial charge in [-0.25, -0.2) is 4.79 Å². The van der Waals surface area contributed by atoms with Gasteiger partial charge in [0.05, 0.1) is 6.42 Å². The Morgan fingerprint density at radius 1 is 0.903 bits per heavy atom. The highest BCUT2D eigenvalue weighted by atomic mass is 16.4. The van der Waals surface area contributed by atoms with Crippen molar-refractivity contribution >= 4 is 23.6 Å². The van der Waals surface area contributed by atoms with Crippen molar-refractivity contribution in [1.82, 2.24) is 5.32 Å². The Hall–Kier alpha value is -2.48. The monoisotopic (exact) mass is 439 g/mol. The van der Waals surface area contributed by atoms with E-state index >= 15 is 0 Å². The highest BCUT2D eigenvalue weighted by Crippen LogP contribution is 2.11. The third-order valence-electron chi connectivity index (χ3n) is 4.54. The average molecular weight is 440 g/mol. The molecule has 0 aromatic heterocycles. The number of rotatable bonds is 18. The number of allylic oxidation sites excluding steroid dienone is 4. The van der Waals surface area contributed by atoms with Crippen LogP contribution >= 0.6 is 0 Å². The molecule has 0 aromatic carbocycles. The maximum Gasteiger partial charge on any atom is 0.326 e. The Bertz CT molecular complexity index is 625. The van der Waals surface area contributed by atoms with Crippen LogP contribution in [0.3, 0.4) is 0 Å². The third kappa shape index (κ3) is 16.9. The van der Waals surface area contributed by atoms with Gasteiger partial charge >= 0.3 is 11.9 Å². The molecule has 0 aromatic rings. The molecule has 0 saturated carbocycles. The smallest absolute Gasteiger partial charge is 0.326 e. The van der Waals surface area contributed by atoms with Crippen LogP contribution in [-0.4, -0.2) is 51.1 Å². The van der Waals surface area contributed by atoms with Gasteiger partial charge in [-0.1, -0.05) is 63.8 Å². The van der Waals surface area contributed by atoms with Gasteiger partial charge in [0, 0.05) is 12.8 Å². The summed E-state index contributed by atoms with van der Waals surface area (Å²) in [6.45, 7) is 4.19. The van der Waals surface area contributed by atoms with Crippen molar-refractivity contribution in [1.29, 1.82) is 0 Å². The molecular weight excluding hydrogens is 402 g/mol. The fourth-order valence-electron chi connectivity index (χ4n) is 2.82. The van der Waals surface area contributed by atoms with E-state index in [1.165, 1.54) is 0 Å². The van der Waals surface area contributed by atoms with E-state index < -0.39 is 36.4 Å². The maximum atomic E-state index is 11.9. The molecule has 31 heavy (non-hydrogen) atoms. The van der Waals surface area contributed by atoms with E-state index in [0.29, 0.717) is 25.2 Å². The predicted octanol–water partition coefficient (Wildman–Crippen LogP) is 3.24. The number of carbonyl (C=O) groups excluding carboxylic acids is 2. The van der Waals surface area contributed by atoms with Crippen LogP contribution in [0.25, 0.3) is 0 Å². The highest BCUT2D eigenvalue weighted by molar-refractivity contribution is 5.86. The fourth-order valence-corrected chi connectivity index (χ4v) is 2.82. The number of carbonyl (C=O) groups is 4. The molecule has 4 N–H and O–H groups in total. The highest BCUT2D eigenvalue weighted by Gasteiger charge is 2.22. The Kier molecular flexibility index (Phi) is 15.8. The molecule has 0 aliphatic rings. The Morgan fingerprint density at radius 3 is 2.16 bits per heavy atom. The molecule has 0 aliphatic heterocycles. The number of hydrogen-bond donors (Lipinski definition) is 4. The molecule has 1 amide bonds. The van der Waals surface area contributed by atoms with E-state index in [1.807, 2.05) is 12.2 Å². The summed E-state index contributed by atoms with van der Waals surface area (Å²) in [7, 11) is 0. The second-order valence-corrected chi connectivity index (χ2v) is 7.93. The average Bonchev–Trinajstić information content (AvgIpc) is 2.68. The van der Waals surface area contributed by atoms with Crippen molar-refractivity contribution in [3.05, 3.63) is 24.3 Å². The van der Waals surface area contributed by atoms with Crippen LogP contribution < -0.4 is 5.32 Å². The number of carboxylic acid groups (broad SMARTS) is 2. The van der Waals surface area contributed by atoms with Gasteiger partial charge in [0.15, 0.2) is 5.78 Å². The largest absolute Gasteiger partial charge is 0.481 e. The van der Waals surface area contributed by atoms with Crippen LogP contribution in [0.1, 0.15) is 78.1 Å². The normalized spacial score (nSPS) is 13.5. The van der Waals surface area contributed by atoms with E-state index in [-0.39, 0.29) is 18.6 Å². The standard InChI is InChI=1S/C23H37NO7/c1-17(2)12-8-6-7-10-14-20(26)19(25)13-9-4-3-5-11-15-21(27)24-18(23(30)31)16-22(28)29/h7-8,10,12,17-19,25H,3-6,9,11,13-16H2,1-2H3,(H,24,27)(H,28,29)(H,30,31)/b10-7-,12-8-/t18-,19?/m1/s1. The summed E-state index contributed by atoms with van der Waals surface area (Å²) in [5.74, 6) is -2.83. The summed E-state index contributed by atoms with van der Waals surface area (Å²) in [5.41, 5.74) is 0. The lowest BCUT2D eigenvalue weighted by atomic mass is 10.0. The van der Waals surface area contributed by atoms with Gasteiger partial charge in [0.25, 0.3) is 0 Å². The first-order chi connectivity index (χ1) is 14.6. The van der Waals surface area contributed by atoms with Crippen molar-refractivity contribution in [2.75, 3.05) is 0 Å². The Balaban J connectivity index is 3.83. The lowest BCUT2D eigenvalue weighted by Gasteiger charge is -2.12. The SMILES string of the molecule is CC(C)/C=C\C/C=C\CC(=O)C(O)CCCCCCCC(=O)N[C@H](CC(=O)O)C(=O)O. The molecule has 0 spiro atoms. The van der Waals surface area contributed by atoms with Gasteiger partial charge in [0.1, 0.15) is 12.1 Å². The second-order valence-electron chi connectivity index (χ2n) is 7.93. The van der Waals surface area contributed by atoms with Crippen molar-refractivity contribution < 1.29 is 34.5 Å². The van der Waals surface area contributed by atoms with Crippen LogP contribution in [0.2, 0.25) is 0 Å². The number of aliphatic carboxylic acids is 2. The Labute approximate surface area is 184 Å². The molecular formula is C23H37NO7. The number of amides is 1. The summed E-state index contributed by atoms with van der Waals surface area (Å²) in [5, 5.41) is 29.7. The van der Waals surface area contributed by atoms with Gasteiger partial charge in [-0.3, -0.25) is 14.4 Å². The number of Topliss-reactive ketones (excluding diaryl/α,β-unsaturated/α-hetero) is 1. The van der Waals surface area contributed by atoms with Crippen LogP contribution in [-0.2, 0) is 19.2 Å². The zero-order valence-electron chi connectivity index (χ0n) is 18.6. The number of unbranched alkanes of at least 4 members (excludes halogenated alkanes) is 4. The molecule has 0 bridgehead atoms. The first kappa shape index (κ1) is 28.5. The summed E-state index contributed by atoms with van der Waals surface area (Å²) in [4.78, 5) is 45.1. The van der Waals surface area contributed by atoms with Crippen LogP contribution in [0.15, 0.2) is 24.3 Å². The summed E-state index contributed by atoms with van der Waals surface area (Å²) in [6, 6.07) is -1.42. The number of nitrogens with one attached hydrogen (secondary N) is 1. The number of aliphatic hydroxyl groups is 1. The summed E-state index contributed by atoms with van der Waals surface area (Å²) in [6.07, 6.45) is 11.4. The molecule has 1 unspecified atom stereocenters. The molecule has 0 saturated heterocycles. The first-order valence-corrected chi connectivity index (χ1v) is 10.9. The molecule has 176 valence electrons. The van der Waals surface area contributed by atoms with Gasteiger partial charge in [0.2, 0.25) is 5.91 Å². The van der Waals surface area contributed by atoms with Crippen LogP contribution in [0.4, 0.5) is 0 Å². The van der Waals surface area contributed by atoms with E-state index in [4.69, 9.17) is 10.2 Å². The minimum Gasteiger partial charge on any atom is -0.481 e. The molecule has 0 radical (unpaired) electrons. The van der Waals surface area contributed by atoms with Crippen LogP contribution in [0.5, 0.6) is 0 Å². The molecule has 0 heterocycles. The van der Waals surface area contributed by atoms with Crippen molar-refractivity contribution in [2.45, 2.75) is 90.2 Å². The van der Waals surface area contributed by atoms with Crippen molar-refractivity contribution in [3.63, 3.8) is 0 Å². The van der Waals surface area contributed by atoms with Crippen LogP contribution in [0, 0.1) is 5.92 Å². The van der Waals surface area contributed by atoms with Crippen molar-refractivity contribution in [3.8, 4) is 0 Å². The first-order valence-electron chi connectivity index (χ1n) is 10.9. The molecule has 8 nitrogen and oxygen atoms in total. The summed E-state index contributed by atoms with van der Waals surface area (Å²) >= 11 is 0. The number of aliphatic hydroxyl groups excluding tert-OH is 1. The van der Waals surface area contributed by atoms with Gasteiger partial charge in [-0.2, -0.15) is 0 Å². The Morgan fingerprint density at radius 2 is 1.55 bits per heavy atom. The number of carboxylic acids is 2.